The summed E-state index contributed by atoms with van der Waals surface area (Å²) >= 11 is 5.86. The molecule has 0 aromatic carbocycles. The number of hydrogen-bond acceptors (Lipinski definition) is 4. The number of rotatable bonds is 2. The number of amides is 1. The van der Waals surface area contributed by atoms with Gasteiger partial charge in [0.05, 0.1) is 22.8 Å². The predicted molar refractivity (Wildman–Crippen MR) is 91.9 cm³/mol. The molecule has 0 bridgehead atoms. The normalized spacial score (nSPS) is 14.5. The Hall–Kier alpha value is -2.47. The van der Waals surface area contributed by atoms with Gasteiger partial charge in [0.1, 0.15) is 5.15 Å². The van der Waals surface area contributed by atoms with Gasteiger partial charge < -0.3 is 4.90 Å². The zero-order chi connectivity index (χ0) is 16.7. The minimum atomic E-state index is 0.0380. The van der Waals surface area contributed by atoms with Crippen LogP contribution in [0.1, 0.15) is 23.2 Å². The molecule has 1 aliphatic rings. The number of fused-ring (bicyclic) bond motifs is 1. The van der Waals surface area contributed by atoms with Gasteiger partial charge in [-0.25, -0.2) is 9.97 Å². The number of aryl methyl sites for hydroxylation is 1. The van der Waals surface area contributed by atoms with E-state index >= 15 is 0 Å². The zero-order valence-corrected chi connectivity index (χ0v) is 14.0. The Morgan fingerprint density at radius 3 is 2.71 bits per heavy atom. The summed E-state index contributed by atoms with van der Waals surface area (Å²) in [7, 11) is 1.82. The Labute approximate surface area is 144 Å². The summed E-state index contributed by atoms with van der Waals surface area (Å²) in [6.45, 7) is 1.61. The Kier molecular flexibility index (Phi) is 3.69. The lowest BCUT2D eigenvalue weighted by Crippen LogP contribution is -2.27. The van der Waals surface area contributed by atoms with E-state index in [-0.39, 0.29) is 5.91 Å². The SMILES string of the molecule is Cn1ncc2c(C(=O)N3CCCC3)cc(-c3ccc(Cl)nc3)nc21. The number of hydrogen-bond donors (Lipinski definition) is 0. The molecule has 4 rings (SSSR count). The maximum atomic E-state index is 12.9. The van der Waals surface area contributed by atoms with Crippen LogP contribution >= 0.6 is 11.6 Å². The molecule has 6 nitrogen and oxygen atoms in total. The number of carbonyl (C=O) groups excluding carboxylic acids is 1. The highest BCUT2D eigenvalue weighted by atomic mass is 35.5. The molecule has 1 aliphatic heterocycles. The van der Waals surface area contributed by atoms with E-state index in [1.165, 1.54) is 0 Å². The maximum absolute atomic E-state index is 12.9. The first kappa shape index (κ1) is 15.1. The summed E-state index contributed by atoms with van der Waals surface area (Å²) in [6.07, 6.45) is 5.48. The quantitative estimate of drug-likeness (QED) is 0.672. The molecule has 0 saturated carbocycles. The number of nitrogens with zero attached hydrogens (tertiary/aromatic N) is 5. The minimum Gasteiger partial charge on any atom is -0.339 e. The first-order valence-corrected chi connectivity index (χ1v) is 8.25. The van der Waals surface area contributed by atoms with Gasteiger partial charge in [0.25, 0.3) is 5.91 Å². The van der Waals surface area contributed by atoms with Crippen LogP contribution in [0.25, 0.3) is 22.3 Å². The molecule has 0 radical (unpaired) electrons. The van der Waals surface area contributed by atoms with Crippen LogP contribution in [0.3, 0.4) is 0 Å². The highest BCUT2D eigenvalue weighted by molar-refractivity contribution is 6.29. The predicted octanol–water partition coefficient (Wildman–Crippen LogP) is 2.92. The summed E-state index contributed by atoms with van der Waals surface area (Å²) in [4.78, 5) is 23.6. The molecule has 0 spiro atoms. The monoisotopic (exact) mass is 341 g/mol. The van der Waals surface area contributed by atoms with Gasteiger partial charge in [0.2, 0.25) is 0 Å². The molecule has 0 unspecified atom stereocenters. The molecule has 1 amide bonds. The van der Waals surface area contributed by atoms with Crippen molar-refractivity contribution in [2.75, 3.05) is 13.1 Å². The molecule has 1 saturated heterocycles. The van der Waals surface area contributed by atoms with Crippen molar-refractivity contribution in [2.24, 2.45) is 7.05 Å². The second-order valence-corrected chi connectivity index (χ2v) is 6.32. The summed E-state index contributed by atoms with van der Waals surface area (Å²) < 4.78 is 1.68. The summed E-state index contributed by atoms with van der Waals surface area (Å²) in [5.41, 5.74) is 2.83. The first-order valence-electron chi connectivity index (χ1n) is 7.87. The maximum Gasteiger partial charge on any atom is 0.254 e. The van der Waals surface area contributed by atoms with Gasteiger partial charge in [-0.2, -0.15) is 5.10 Å². The molecule has 0 atom stereocenters. The third kappa shape index (κ3) is 2.53. The van der Waals surface area contributed by atoms with Crippen molar-refractivity contribution in [3.63, 3.8) is 0 Å². The number of carbonyl (C=O) groups is 1. The Morgan fingerprint density at radius 1 is 1.21 bits per heavy atom. The Morgan fingerprint density at radius 2 is 2.00 bits per heavy atom. The van der Waals surface area contributed by atoms with E-state index in [0.717, 1.165) is 36.9 Å². The van der Waals surface area contributed by atoms with Crippen LogP contribution in [0.2, 0.25) is 5.15 Å². The van der Waals surface area contributed by atoms with E-state index < -0.39 is 0 Å². The molecule has 4 heterocycles. The molecule has 0 aliphatic carbocycles. The van der Waals surface area contributed by atoms with Gasteiger partial charge in [-0.15, -0.1) is 0 Å². The van der Waals surface area contributed by atoms with Crippen molar-refractivity contribution >= 4 is 28.5 Å². The molecule has 0 N–H and O–H groups in total. The molecular weight excluding hydrogens is 326 g/mol. The van der Waals surface area contributed by atoms with E-state index in [1.807, 2.05) is 24.1 Å². The summed E-state index contributed by atoms with van der Waals surface area (Å²) in [5, 5.41) is 5.46. The van der Waals surface area contributed by atoms with Crippen LogP contribution in [0.5, 0.6) is 0 Å². The second-order valence-electron chi connectivity index (χ2n) is 5.93. The van der Waals surface area contributed by atoms with Crippen molar-refractivity contribution in [1.82, 2.24) is 24.6 Å². The molecule has 7 heteroatoms. The molecule has 122 valence electrons. The van der Waals surface area contributed by atoms with E-state index in [1.54, 1.807) is 23.1 Å². The number of halogens is 1. The smallest absolute Gasteiger partial charge is 0.254 e. The van der Waals surface area contributed by atoms with E-state index in [2.05, 4.69) is 15.1 Å². The van der Waals surface area contributed by atoms with Crippen LogP contribution in [-0.4, -0.2) is 43.6 Å². The van der Waals surface area contributed by atoms with Crippen molar-refractivity contribution in [3.05, 3.63) is 41.3 Å². The van der Waals surface area contributed by atoms with Crippen molar-refractivity contribution in [3.8, 4) is 11.3 Å². The van der Waals surface area contributed by atoms with Gasteiger partial charge in [0.15, 0.2) is 5.65 Å². The van der Waals surface area contributed by atoms with E-state index in [4.69, 9.17) is 11.6 Å². The molecule has 3 aromatic heterocycles. The van der Waals surface area contributed by atoms with Crippen LogP contribution in [0, 0.1) is 0 Å². The third-order valence-electron chi connectivity index (χ3n) is 4.35. The molecule has 24 heavy (non-hydrogen) atoms. The molecule has 1 fully saturated rings. The lowest BCUT2D eigenvalue weighted by molar-refractivity contribution is 0.0794. The standard InChI is InChI=1S/C17H16ClN5O/c1-22-16-13(10-20-22)12(17(24)23-6-2-3-7-23)8-14(21-16)11-4-5-15(18)19-9-11/h4-5,8-10H,2-3,6-7H2,1H3. The van der Waals surface area contributed by atoms with Crippen LogP contribution < -0.4 is 0 Å². The first-order chi connectivity index (χ1) is 11.6. The second kappa shape index (κ2) is 5.87. The van der Waals surface area contributed by atoms with Crippen molar-refractivity contribution < 1.29 is 4.79 Å². The number of aromatic nitrogens is 4. The van der Waals surface area contributed by atoms with Gasteiger partial charge in [-0.3, -0.25) is 9.48 Å². The fourth-order valence-corrected chi connectivity index (χ4v) is 3.17. The average Bonchev–Trinajstić information content (AvgIpc) is 3.25. The van der Waals surface area contributed by atoms with Gasteiger partial charge in [-0.05, 0) is 31.0 Å². The Bertz CT molecular complexity index is 913. The fourth-order valence-electron chi connectivity index (χ4n) is 3.06. The van der Waals surface area contributed by atoms with Gasteiger partial charge in [-0.1, -0.05) is 11.6 Å². The van der Waals surface area contributed by atoms with Crippen LogP contribution in [-0.2, 0) is 7.05 Å². The van der Waals surface area contributed by atoms with Crippen LogP contribution in [0.15, 0.2) is 30.6 Å². The van der Waals surface area contributed by atoms with Crippen molar-refractivity contribution in [1.29, 1.82) is 0 Å². The lowest BCUT2D eigenvalue weighted by atomic mass is 10.1. The zero-order valence-electron chi connectivity index (χ0n) is 13.2. The van der Waals surface area contributed by atoms with Crippen LogP contribution in [0.4, 0.5) is 0 Å². The topological polar surface area (TPSA) is 63.9 Å². The van der Waals surface area contributed by atoms with Gasteiger partial charge >= 0.3 is 0 Å². The highest BCUT2D eigenvalue weighted by Crippen LogP contribution is 2.26. The van der Waals surface area contributed by atoms with E-state index in [0.29, 0.717) is 22.1 Å². The number of pyridine rings is 2. The van der Waals surface area contributed by atoms with E-state index in [9.17, 15) is 4.79 Å². The molecular formula is C17H16ClN5O. The summed E-state index contributed by atoms with van der Waals surface area (Å²) in [6, 6.07) is 5.40. The fraction of sp³-hybridized carbons (Fsp3) is 0.294. The number of likely N-dealkylation sites (tertiary alicyclic amines) is 1. The lowest BCUT2D eigenvalue weighted by Gasteiger charge is -2.16. The highest BCUT2D eigenvalue weighted by Gasteiger charge is 2.23. The Balaban J connectivity index is 1.88. The molecule has 3 aromatic rings. The van der Waals surface area contributed by atoms with Crippen molar-refractivity contribution in [2.45, 2.75) is 12.8 Å². The minimum absolute atomic E-state index is 0.0380. The summed E-state index contributed by atoms with van der Waals surface area (Å²) in [5.74, 6) is 0.0380. The van der Waals surface area contributed by atoms with Gasteiger partial charge in [0, 0.05) is 31.9 Å². The largest absolute Gasteiger partial charge is 0.339 e. The third-order valence-corrected chi connectivity index (χ3v) is 4.58. The average molecular weight is 342 g/mol.